The standard InChI is InChI=1S/C22H22O5/c1-4-18(15-26-19-13-11-17(12-14-19)21(23)25-3)27-22(24)20(5-2)16-9-7-6-8-10-16/h1,6-14,18,20H,5,15H2,2-3H3/t18-,20-/m0/s1. The molecule has 27 heavy (non-hydrogen) atoms. The van der Waals surface area contributed by atoms with E-state index in [2.05, 4.69) is 10.7 Å². The maximum Gasteiger partial charge on any atom is 0.337 e. The van der Waals surface area contributed by atoms with Gasteiger partial charge in [0.1, 0.15) is 12.4 Å². The molecule has 0 saturated heterocycles. The number of hydrogen-bond donors (Lipinski definition) is 0. The molecule has 0 aliphatic carbocycles. The minimum Gasteiger partial charge on any atom is -0.489 e. The number of esters is 2. The summed E-state index contributed by atoms with van der Waals surface area (Å²) in [6.07, 6.45) is 5.28. The average molecular weight is 366 g/mol. The number of rotatable bonds is 8. The van der Waals surface area contributed by atoms with E-state index in [0.717, 1.165) is 5.56 Å². The second-order valence-electron chi connectivity index (χ2n) is 5.79. The average Bonchev–Trinajstić information content (AvgIpc) is 2.72. The van der Waals surface area contributed by atoms with Gasteiger partial charge in [0, 0.05) is 0 Å². The molecule has 0 aromatic heterocycles. The molecule has 0 heterocycles. The van der Waals surface area contributed by atoms with E-state index < -0.39 is 12.1 Å². The van der Waals surface area contributed by atoms with Gasteiger partial charge in [0.2, 0.25) is 0 Å². The van der Waals surface area contributed by atoms with Crippen LogP contribution in [0.25, 0.3) is 0 Å². The lowest BCUT2D eigenvalue weighted by atomic mass is 9.97. The van der Waals surface area contributed by atoms with Gasteiger partial charge in [-0.2, -0.15) is 0 Å². The molecule has 2 rings (SSSR count). The topological polar surface area (TPSA) is 61.8 Å². The fraction of sp³-hybridized carbons (Fsp3) is 0.273. The maximum absolute atomic E-state index is 12.5. The lowest BCUT2D eigenvalue weighted by Gasteiger charge is -2.18. The second-order valence-corrected chi connectivity index (χ2v) is 5.79. The largest absolute Gasteiger partial charge is 0.489 e. The predicted molar refractivity (Wildman–Crippen MR) is 101 cm³/mol. The molecule has 0 bridgehead atoms. The van der Waals surface area contributed by atoms with E-state index in [-0.39, 0.29) is 18.5 Å². The van der Waals surface area contributed by atoms with E-state index in [4.69, 9.17) is 15.9 Å². The van der Waals surface area contributed by atoms with Crippen LogP contribution in [0.5, 0.6) is 5.75 Å². The highest BCUT2D eigenvalue weighted by Gasteiger charge is 2.23. The van der Waals surface area contributed by atoms with Crippen molar-refractivity contribution < 1.29 is 23.8 Å². The molecule has 0 unspecified atom stereocenters. The zero-order valence-electron chi connectivity index (χ0n) is 15.4. The molecule has 0 aliphatic rings. The lowest BCUT2D eigenvalue weighted by Crippen LogP contribution is -2.26. The van der Waals surface area contributed by atoms with E-state index in [9.17, 15) is 9.59 Å². The Morgan fingerprint density at radius 1 is 1.07 bits per heavy atom. The summed E-state index contributed by atoms with van der Waals surface area (Å²) in [7, 11) is 1.32. The molecule has 0 spiro atoms. The highest BCUT2D eigenvalue weighted by atomic mass is 16.6. The van der Waals surface area contributed by atoms with Gasteiger partial charge in [0.25, 0.3) is 0 Å². The molecule has 0 N–H and O–H groups in total. The zero-order chi connectivity index (χ0) is 19.6. The smallest absolute Gasteiger partial charge is 0.337 e. The Balaban J connectivity index is 1.94. The Morgan fingerprint density at radius 3 is 2.30 bits per heavy atom. The van der Waals surface area contributed by atoms with Crippen LogP contribution in [0, 0.1) is 12.3 Å². The van der Waals surface area contributed by atoms with Gasteiger partial charge in [0.05, 0.1) is 18.6 Å². The number of benzene rings is 2. The van der Waals surface area contributed by atoms with Crippen molar-refractivity contribution >= 4 is 11.9 Å². The number of terminal acetylenes is 1. The summed E-state index contributed by atoms with van der Waals surface area (Å²) in [5, 5.41) is 0. The van der Waals surface area contributed by atoms with Gasteiger partial charge < -0.3 is 14.2 Å². The van der Waals surface area contributed by atoms with E-state index in [0.29, 0.717) is 17.7 Å². The number of carbonyl (C=O) groups is 2. The molecule has 0 amide bonds. The Hall–Kier alpha value is -3.26. The monoisotopic (exact) mass is 366 g/mol. The Bertz CT molecular complexity index is 790. The van der Waals surface area contributed by atoms with Crippen LogP contribution in [-0.2, 0) is 14.3 Å². The van der Waals surface area contributed by atoms with Gasteiger partial charge in [0.15, 0.2) is 6.10 Å². The van der Waals surface area contributed by atoms with Crippen LogP contribution >= 0.6 is 0 Å². The molecule has 0 radical (unpaired) electrons. The molecule has 2 aromatic rings. The van der Waals surface area contributed by atoms with Crippen molar-refractivity contribution in [1.29, 1.82) is 0 Å². The number of hydrogen-bond acceptors (Lipinski definition) is 5. The van der Waals surface area contributed by atoms with Crippen LogP contribution in [0.4, 0.5) is 0 Å². The van der Waals surface area contributed by atoms with Crippen molar-refractivity contribution in [2.45, 2.75) is 25.4 Å². The van der Waals surface area contributed by atoms with Crippen LogP contribution in [0.2, 0.25) is 0 Å². The third-order valence-corrected chi connectivity index (χ3v) is 4.02. The van der Waals surface area contributed by atoms with Gasteiger partial charge >= 0.3 is 11.9 Å². The van der Waals surface area contributed by atoms with Crippen LogP contribution in [0.15, 0.2) is 54.6 Å². The molecular formula is C22H22O5. The molecule has 0 fully saturated rings. The summed E-state index contributed by atoms with van der Waals surface area (Å²) in [5.74, 6) is 1.76. The normalized spacial score (nSPS) is 12.3. The molecule has 5 heteroatoms. The summed E-state index contributed by atoms with van der Waals surface area (Å²) in [6, 6.07) is 15.8. The summed E-state index contributed by atoms with van der Waals surface area (Å²) >= 11 is 0. The summed E-state index contributed by atoms with van der Waals surface area (Å²) in [6.45, 7) is 1.94. The van der Waals surface area contributed by atoms with E-state index in [1.165, 1.54) is 7.11 Å². The molecular weight excluding hydrogens is 344 g/mol. The van der Waals surface area contributed by atoms with Gasteiger partial charge in [-0.05, 0) is 36.2 Å². The van der Waals surface area contributed by atoms with E-state index >= 15 is 0 Å². The molecule has 0 aliphatic heterocycles. The minimum absolute atomic E-state index is 0.0189. The third kappa shape index (κ3) is 5.61. The van der Waals surface area contributed by atoms with Crippen molar-refractivity contribution in [3.05, 3.63) is 65.7 Å². The molecule has 2 aromatic carbocycles. The van der Waals surface area contributed by atoms with Crippen molar-refractivity contribution in [1.82, 2.24) is 0 Å². The van der Waals surface area contributed by atoms with Crippen LogP contribution in [0.1, 0.15) is 35.2 Å². The van der Waals surface area contributed by atoms with E-state index in [1.807, 2.05) is 37.3 Å². The van der Waals surface area contributed by atoms with Crippen molar-refractivity contribution in [3.8, 4) is 18.1 Å². The first-order valence-electron chi connectivity index (χ1n) is 8.61. The van der Waals surface area contributed by atoms with Crippen LogP contribution in [0.3, 0.4) is 0 Å². The van der Waals surface area contributed by atoms with Crippen molar-refractivity contribution in [2.75, 3.05) is 13.7 Å². The highest BCUT2D eigenvalue weighted by molar-refractivity contribution is 5.89. The molecule has 5 nitrogen and oxygen atoms in total. The summed E-state index contributed by atoms with van der Waals surface area (Å²) in [5.41, 5.74) is 1.30. The first-order valence-corrected chi connectivity index (χ1v) is 8.61. The predicted octanol–water partition coefficient (Wildman–Crippen LogP) is 3.59. The molecule has 2 atom stereocenters. The summed E-state index contributed by atoms with van der Waals surface area (Å²) < 4.78 is 15.7. The molecule has 140 valence electrons. The molecule has 0 saturated carbocycles. The fourth-order valence-electron chi connectivity index (χ4n) is 2.54. The quantitative estimate of drug-likeness (QED) is 0.528. The van der Waals surface area contributed by atoms with Crippen molar-refractivity contribution in [3.63, 3.8) is 0 Å². The van der Waals surface area contributed by atoms with Gasteiger partial charge in [-0.3, -0.25) is 4.79 Å². The zero-order valence-corrected chi connectivity index (χ0v) is 15.4. The minimum atomic E-state index is -0.810. The Labute approximate surface area is 159 Å². The highest BCUT2D eigenvalue weighted by Crippen LogP contribution is 2.21. The SMILES string of the molecule is C#C[C@@H](COc1ccc(C(=O)OC)cc1)OC(=O)[C@@H](CC)c1ccccc1. The van der Waals surface area contributed by atoms with Crippen molar-refractivity contribution in [2.24, 2.45) is 0 Å². The third-order valence-electron chi connectivity index (χ3n) is 4.02. The van der Waals surface area contributed by atoms with Crippen LogP contribution < -0.4 is 4.74 Å². The number of ether oxygens (including phenoxy) is 3. The second kappa shape index (κ2) is 10.0. The first kappa shape index (κ1) is 20.1. The maximum atomic E-state index is 12.5. The number of methoxy groups -OCH3 is 1. The fourth-order valence-corrected chi connectivity index (χ4v) is 2.54. The van der Waals surface area contributed by atoms with E-state index in [1.54, 1.807) is 24.3 Å². The first-order chi connectivity index (χ1) is 13.1. The lowest BCUT2D eigenvalue weighted by molar-refractivity contribution is -0.149. The Morgan fingerprint density at radius 2 is 1.74 bits per heavy atom. The van der Waals surface area contributed by atoms with Crippen LogP contribution in [-0.4, -0.2) is 31.8 Å². The Kier molecular flexibility index (Phi) is 7.45. The van der Waals surface area contributed by atoms with Gasteiger partial charge in [-0.1, -0.05) is 43.2 Å². The number of carbonyl (C=O) groups excluding carboxylic acids is 2. The van der Waals surface area contributed by atoms with Gasteiger partial charge in [-0.25, -0.2) is 4.79 Å². The van der Waals surface area contributed by atoms with Gasteiger partial charge in [-0.15, -0.1) is 6.42 Å². The summed E-state index contributed by atoms with van der Waals surface area (Å²) in [4.78, 5) is 23.9.